The molecule has 0 amide bonds. The maximum atomic E-state index is 12.9. The Bertz CT molecular complexity index is 1470. The molecule has 42 heavy (non-hydrogen) atoms. The second-order valence-electron chi connectivity index (χ2n) is 10.1. The summed E-state index contributed by atoms with van der Waals surface area (Å²) in [6.45, 7) is 0.660. The summed E-state index contributed by atoms with van der Waals surface area (Å²) in [5.41, 5.74) is -0.967. The highest BCUT2D eigenvalue weighted by atomic mass is 16.8. The van der Waals surface area contributed by atoms with E-state index in [2.05, 4.69) is 0 Å². The molecule has 0 spiro atoms. The van der Waals surface area contributed by atoms with E-state index in [1.165, 1.54) is 37.3 Å². The summed E-state index contributed by atoms with van der Waals surface area (Å²) in [5.74, 6) is -2.00. The van der Waals surface area contributed by atoms with Gasteiger partial charge < -0.3 is 69.3 Å². The molecule has 2 saturated heterocycles. The van der Waals surface area contributed by atoms with Gasteiger partial charge in [0.1, 0.15) is 64.8 Å². The van der Waals surface area contributed by atoms with Crippen LogP contribution < -0.4 is 10.2 Å². The summed E-state index contributed by atoms with van der Waals surface area (Å²) in [6.07, 6.45) is -15.6. The molecular formula is C27H30O15. The van der Waals surface area contributed by atoms with Gasteiger partial charge in [0.2, 0.25) is 17.5 Å². The number of hydrogen-bond acceptors (Lipinski definition) is 15. The predicted octanol–water partition coefficient (Wildman–Crippen LogP) is -1.39. The van der Waals surface area contributed by atoms with E-state index in [0.717, 1.165) is 6.07 Å². The lowest BCUT2D eigenvalue weighted by molar-refractivity contribution is -0.354. The highest BCUT2D eigenvalue weighted by molar-refractivity contribution is 5.88. The quantitative estimate of drug-likeness (QED) is 0.159. The van der Waals surface area contributed by atoms with E-state index in [4.69, 9.17) is 23.4 Å². The largest absolute Gasteiger partial charge is 0.508 e. The Morgan fingerprint density at radius 3 is 2.19 bits per heavy atom. The second-order valence-corrected chi connectivity index (χ2v) is 10.1. The predicted molar refractivity (Wildman–Crippen MR) is 139 cm³/mol. The van der Waals surface area contributed by atoms with Crippen LogP contribution in [0.5, 0.6) is 23.0 Å². The maximum absolute atomic E-state index is 12.9. The number of phenols is 2. The summed E-state index contributed by atoms with van der Waals surface area (Å²) >= 11 is 0. The van der Waals surface area contributed by atoms with E-state index < -0.39 is 84.9 Å². The minimum absolute atomic E-state index is 0.0706. The Hall–Kier alpha value is -3.51. The SMILES string of the molecule is C[C@@H]1O[C@@H](O[C@@H]2[C@H](Oc3cc(O)c4c(=O)c(O)c(-c5ccc(O)cc5)oc4c3)O[C@H](CO)[C@@H](O)[C@H]2O)[C@H](O)[C@@H](O)[C@H]1O. The van der Waals surface area contributed by atoms with Gasteiger partial charge in [-0.05, 0) is 31.2 Å². The number of hydrogen-bond donors (Lipinski definition) is 9. The van der Waals surface area contributed by atoms with E-state index in [-0.39, 0.29) is 33.8 Å². The van der Waals surface area contributed by atoms with Crippen molar-refractivity contribution < 1.29 is 69.3 Å². The monoisotopic (exact) mass is 594 g/mol. The average molecular weight is 595 g/mol. The first kappa shape index (κ1) is 30.0. The van der Waals surface area contributed by atoms with Crippen LogP contribution in [0.2, 0.25) is 0 Å². The van der Waals surface area contributed by atoms with Gasteiger partial charge in [-0.2, -0.15) is 0 Å². The van der Waals surface area contributed by atoms with Crippen LogP contribution in [-0.2, 0) is 14.2 Å². The van der Waals surface area contributed by atoms with Crippen molar-refractivity contribution in [1.82, 2.24) is 0 Å². The van der Waals surface area contributed by atoms with Crippen molar-refractivity contribution in [2.45, 2.75) is 68.3 Å². The lowest BCUT2D eigenvalue weighted by atomic mass is 9.97. The Morgan fingerprint density at radius 2 is 1.52 bits per heavy atom. The van der Waals surface area contributed by atoms with Crippen molar-refractivity contribution in [3.8, 4) is 34.3 Å². The first-order chi connectivity index (χ1) is 19.9. The molecule has 10 atom stereocenters. The molecule has 2 aliphatic heterocycles. The molecule has 3 heterocycles. The highest BCUT2D eigenvalue weighted by Crippen LogP contribution is 2.37. The fraction of sp³-hybridized carbons (Fsp3) is 0.444. The Kier molecular flexibility index (Phi) is 8.30. The van der Waals surface area contributed by atoms with Crippen LogP contribution >= 0.6 is 0 Å². The number of aliphatic hydroxyl groups is 6. The van der Waals surface area contributed by atoms with Gasteiger partial charge in [0, 0.05) is 17.7 Å². The number of phenolic OH excluding ortho intramolecular Hbond substituents is 2. The maximum Gasteiger partial charge on any atom is 0.238 e. The summed E-state index contributed by atoms with van der Waals surface area (Å²) in [5, 5.41) is 91.7. The van der Waals surface area contributed by atoms with Crippen LogP contribution in [0.15, 0.2) is 45.6 Å². The molecular weight excluding hydrogens is 564 g/mol. The van der Waals surface area contributed by atoms with Crippen LogP contribution in [0.3, 0.4) is 0 Å². The molecule has 15 nitrogen and oxygen atoms in total. The van der Waals surface area contributed by atoms with E-state index in [0.29, 0.717) is 0 Å². The minimum Gasteiger partial charge on any atom is -0.508 e. The number of benzene rings is 2. The standard InChI is InChI=1S/C27H30O15/c1-9-17(31)20(34)23(37)26(38-9)42-25-21(35)18(32)15(8-28)41-27(25)39-12-6-13(30)16-14(7-12)40-24(22(36)19(16)33)10-2-4-11(29)5-3-10/h2-7,9,15,17-18,20-21,23,25-32,34-37H,8H2,1H3/t9-,15+,17-,18+,20-,21+,23+,25-,26-,27+/m0/s1. The van der Waals surface area contributed by atoms with E-state index in [9.17, 15) is 50.8 Å². The third-order valence-corrected chi connectivity index (χ3v) is 7.23. The van der Waals surface area contributed by atoms with Gasteiger partial charge in [0.15, 0.2) is 18.2 Å². The Balaban J connectivity index is 1.50. The topological polar surface area (TPSA) is 249 Å². The van der Waals surface area contributed by atoms with Crippen LogP contribution in [0.4, 0.5) is 0 Å². The first-order valence-corrected chi connectivity index (χ1v) is 12.9. The molecule has 0 bridgehead atoms. The van der Waals surface area contributed by atoms with E-state index >= 15 is 0 Å². The van der Waals surface area contributed by atoms with Crippen molar-refractivity contribution in [2.75, 3.05) is 6.61 Å². The number of aliphatic hydroxyl groups excluding tert-OH is 6. The van der Waals surface area contributed by atoms with Crippen molar-refractivity contribution in [2.24, 2.45) is 0 Å². The summed E-state index contributed by atoms with van der Waals surface area (Å²) in [6, 6.07) is 7.54. The molecule has 0 unspecified atom stereocenters. The summed E-state index contributed by atoms with van der Waals surface area (Å²) in [4.78, 5) is 12.9. The molecule has 2 aliphatic rings. The molecule has 5 rings (SSSR count). The third-order valence-electron chi connectivity index (χ3n) is 7.23. The van der Waals surface area contributed by atoms with Crippen LogP contribution in [0.25, 0.3) is 22.3 Å². The summed E-state index contributed by atoms with van der Waals surface area (Å²) in [7, 11) is 0. The van der Waals surface area contributed by atoms with Crippen molar-refractivity contribution in [1.29, 1.82) is 0 Å². The lowest BCUT2D eigenvalue weighted by Gasteiger charge is -2.45. The van der Waals surface area contributed by atoms with Gasteiger partial charge in [-0.3, -0.25) is 4.79 Å². The zero-order valence-corrected chi connectivity index (χ0v) is 21.9. The molecule has 3 aromatic rings. The smallest absolute Gasteiger partial charge is 0.238 e. The zero-order chi connectivity index (χ0) is 30.5. The van der Waals surface area contributed by atoms with Gasteiger partial charge in [0.05, 0.1) is 12.7 Å². The summed E-state index contributed by atoms with van der Waals surface area (Å²) < 4.78 is 28.2. The van der Waals surface area contributed by atoms with Crippen LogP contribution in [0, 0.1) is 0 Å². The molecule has 0 saturated carbocycles. The van der Waals surface area contributed by atoms with E-state index in [1.54, 1.807) is 0 Å². The number of aromatic hydroxyl groups is 3. The molecule has 228 valence electrons. The normalized spacial score (nSPS) is 33.5. The Morgan fingerprint density at radius 1 is 0.833 bits per heavy atom. The van der Waals surface area contributed by atoms with Gasteiger partial charge >= 0.3 is 0 Å². The molecule has 15 heteroatoms. The molecule has 0 radical (unpaired) electrons. The van der Waals surface area contributed by atoms with Gasteiger partial charge in [-0.1, -0.05) is 0 Å². The lowest BCUT2D eigenvalue weighted by Crippen LogP contribution is -2.64. The number of fused-ring (bicyclic) bond motifs is 1. The average Bonchev–Trinajstić information content (AvgIpc) is 2.96. The van der Waals surface area contributed by atoms with Crippen LogP contribution in [-0.4, -0.2) is 114 Å². The number of ether oxygens (including phenoxy) is 4. The number of rotatable bonds is 6. The first-order valence-electron chi connectivity index (χ1n) is 12.9. The molecule has 1 aromatic heterocycles. The zero-order valence-electron chi connectivity index (χ0n) is 21.9. The van der Waals surface area contributed by atoms with Gasteiger partial charge in [-0.15, -0.1) is 0 Å². The molecule has 2 aromatic carbocycles. The molecule has 9 N–H and O–H groups in total. The fourth-order valence-corrected chi connectivity index (χ4v) is 4.85. The van der Waals surface area contributed by atoms with Crippen LogP contribution in [0.1, 0.15) is 6.92 Å². The molecule has 0 aliphatic carbocycles. The van der Waals surface area contributed by atoms with Crippen molar-refractivity contribution >= 4 is 11.0 Å². The van der Waals surface area contributed by atoms with Gasteiger partial charge in [0.25, 0.3) is 0 Å². The molecule has 2 fully saturated rings. The Labute approximate surface area is 236 Å². The van der Waals surface area contributed by atoms with Crippen molar-refractivity contribution in [3.63, 3.8) is 0 Å². The minimum atomic E-state index is -1.79. The van der Waals surface area contributed by atoms with E-state index in [1.807, 2.05) is 0 Å². The fourth-order valence-electron chi connectivity index (χ4n) is 4.85. The van der Waals surface area contributed by atoms with Crippen molar-refractivity contribution in [3.05, 3.63) is 46.6 Å². The third kappa shape index (κ3) is 5.37. The van der Waals surface area contributed by atoms with Gasteiger partial charge in [-0.25, -0.2) is 0 Å². The highest BCUT2D eigenvalue weighted by Gasteiger charge is 2.51. The second kappa shape index (κ2) is 11.6.